The Morgan fingerprint density at radius 1 is 1.10 bits per heavy atom. The number of para-hydroxylation sites is 1. The number of hydrogen-bond acceptors (Lipinski definition) is 4. The molecule has 2 aromatic carbocycles. The van der Waals surface area contributed by atoms with Crippen LogP contribution in [0.25, 0.3) is 17.1 Å². The Balaban J connectivity index is 2.25. The summed E-state index contributed by atoms with van der Waals surface area (Å²) in [6.45, 7) is 0. The van der Waals surface area contributed by atoms with Crippen molar-refractivity contribution in [3.05, 3.63) is 52.5 Å². The zero-order valence-corrected chi connectivity index (χ0v) is 12.1. The third-order valence-electron chi connectivity index (χ3n) is 2.85. The highest BCUT2D eigenvalue weighted by molar-refractivity contribution is 9.10. The molecule has 0 aliphatic rings. The molecule has 1 heterocycles. The van der Waals surface area contributed by atoms with Gasteiger partial charge >= 0.3 is 0 Å². The van der Waals surface area contributed by atoms with Gasteiger partial charge in [0.25, 0.3) is 0 Å². The van der Waals surface area contributed by atoms with Crippen molar-refractivity contribution < 1.29 is 8.78 Å². The summed E-state index contributed by atoms with van der Waals surface area (Å²) in [5.41, 5.74) is 6.20. The van der Waals surface area contributed by atoms with Crippen LogP contribution < -0.4 is 5.73 Å². The van der Waals surface area contributed by atoms with Gasteiger partial charge in [-0.25, -0.2) is 8.78 Å². The summed E-state index contributed by atoms with van der Waals surface area (Å²) in [4.78, 5) is 0. The van der Waals surface area contributed by atoms with Gasteiger partial charge in [-0.15, -0.1) is 5.10 Å². The Morgan fingerprint density at radius 2 is 1.90 bits per heavy atom. The number of rotatable bonds is 2. The Hall–Kier alpha value is -2.35. The van der Waals surface area contributed by atoms with Crippen molar-refractivity contribution in [2.45, 2.75) is 0 Å². The van der Waals surface area contributed by atoms with Crippen molar-refractivity contribution in [1.29, 1.82) is 0 Å². The van der Waals surface area contributed by atoms with Crippen molar-refractivity contribution in [3.8, 4) is 17.1 Å². The highest BCUT2D eigenvalue weighted by Gasteiger charge is 2.19. The fraction of sp³-hybridized carbons (Fsp3) is 0. The molecule has 0 atom stereocenters. The maximum atomic E-state index is 14.0. The van der Waals surface area contributed by atoms with Crippen LogP contribution in [0.4, 0.5) is 14.5 Å². The number of nitrogens with two attached hydrogens (primary N) is 1. The van der Waals surface area contributed by atoms with Crippen LogP contribution in [0.5, 0.6) is 0 Å². The molecule has 0 fully saturated rings. The highest BCUT2D eigenvalue weighted by atomic mass is 79.9. The summed E-state index contributed by atoms with van der Waals surface area (Å²) in [6, 6.07) is 8.47. The first-order valence-corrected chi connectivity index (χ1v) is 6.65. The SMILES string of the molecule is Nc1ccc(F)c(-c2nnnn2-c2c(F)cccc2Br)c1. The molecule has 106 valence electrons. The summed E-state index contributed by atoms with van der Waals surface area (Å²) in [5.74, 6) is -1.03. The number of nitrogens with zero attached hydrogens (tertiary/aromatic N) is 4. The topological polar surface area (TPSA) is 69.6 Å². The van der Waals surface area contributed by atoms with E-state index in [-0.39, 0.29) is 17.1 Å². The van der Waals surface area contributed by atoms with E-state index in [9.17, 15) is 8.78 Å². The lowest BCUT2D eigenvalue weighted by Gasteiger charge is -2.09. The molecule has 3 rings (SSSR count). The Morgan fingerprint density at radius 3 is 2.67 bits per heavy atom. The molecule has 21 heavy (non-hydrogen) atoms. The zero-order chi connectivity index (χ0) is 15.0. The van der Waals surface area contributed by atoms with E-state index in [0.29, 0.717) is 10.2 Å². The average Bonchev–Trinajstić information content (AvgIpc) is 2.90. The molecule has 0 saturated heterocycles. The summed E-state index contributed by atoms with van der Waals surface area (Å²) < 4.78 is 29.6. The van der Waals surface area contributed by atoms with Gasteiger partial charge in [0.15, 0.2) is 5.82 Å². The first-order chi connectivity index (χ1) is 10.1. The van der Waals surface area contributed by atoms with E-state index in [1.807, 2.05) is 0 Å². The molecule has 0 amide bonds. The minimum Gasteiger partial charge on any atom is -0.399 e. The van der Waals surface area contributed by atoms with Crippen LogP contribution in [0.15, 0.2) is 40.9 Å². The van der Waals surface area contributed by atoms with Crippen molar-refractivity contribution in [2.24, 2.45) is 0 Å². The third kappa shape index (κ3) is 2.38. The molecule has 0 spiro atoms. The molecule has 5 nitrogen and oxygen atoms in total. The lowest BCUT2D eigenvalue weighted by atomic mass is 10.1. The first kappa shape index (κ1) is 13.6. The number of tetrazole rings is 1. The second-order valence-corrected chi connectivity index (χ2v) is 5.08. The fourth-order valence-corrected chi connectivity index (χ4v) is 2.42. The Labute approximate surface area is 126 Å². The van der Waals surface area contributed by atoms with Gasteiger partial charge in [-0.2, -0.15) is 4.68 Å². The predicted octanol–water partition coefficient (Wildman–Crippen LogP) is 2.95. The van der Waals surface area contributed by atoms with E-state index in [1.165, 1.54) is 30.3 Å². The number of hydrogen-bond donors (Lipinski definition) is 1. The van der Waals surface area contributed by atoms with E-state index >= 15 is 0 Å². The van der Waals surface area contributed by atoms with Gasteiger partial charge in [-0.3, -0.25) is 0 Å². The second-order valence-electron chi connectivity index (χ2n) is 4.22. The van der Waals surface area contributed by atoms with Crippen molar-refractivity contribution >= 4 is 21.6 Å². The quantitative estimate of drug-likeness (QED) is 0.720. The van der Waals surface area contributed by atoms with Crippen LogP contribution >= 0.6 is 15.9 Å². The first-order valence-electron chi connectivity index (χ1n) is 5.86. The van der Waals surface area contributed by atoms with Crippen LogP contribution in [0.3, 0.4) is 0 Å². The molecule has 0 saturated carbocycles. The van der Waals surface area contributed by atoms with Crippen LogP contribution in [0, 0.1) is 11.6 Å². The summed E-state index contributed by atoms with van der Waals surface area (Å²) in [6.07, 6.45) is 0. The van der Waals surface area contributed by atoms with Gasteiger partial charge in [0.1, 0.15) is 17.3 Å². The van der Waals surface area contributed by atoms with Crippen molar-refractivity contribution in [1.82, 2.24) is 20.2 Å². The number of aromatic nitrogens is 4. The Bertz CT molecular complexity index is 798. The zero-order valence-electron chi connectivity index (χ0n) is 10.5. The van der Waals surface area contributed by atoms with Crippen LogP contribution in [0.1, 0.15) is 0 Å². The molecular weight excluding hydrogens is 344 g/mol. The van der Waals surface area contributed by atoms with Crippen LogP contribution in [-0.2, 0) is 0 Å². The molecule has 0 aliphatic heterocycles. The molecule has 8 heteroatoms. The van der Waals surface area contributed by atoms with E-state index in [4.69, 9.17) is 5.73 Å². The van der Waals surface area contributed by atoms with Gasteiger partial charge < -0.3 is 5.73 Å². The number of halogens is 3. The van der Waals surface area contributed by atoms with E-state index < -0.39 is 11.6 Å². The number of nitrogen functional groups attached to an aromatic ring is 1. The third-order valence-corrected chi connectivity index (χ3v) is 3.49. The maximum Gasteiger partial charge on any atom is 0.190 e. The summed E-state index contributed by atoms with van der Waals surface area (Å²) in [7, 11) is 0. The average molecular weight is 352 g/mol. The second kappa shape index (κ2) is 5.21. The lowest BCUT2D eigenvalue weighted by molar-refractivity contribution is 0.604. The monoisotopic (exact) mass is 351 g/mol. The van der Waals surface area contributed by atoms with Gasteiger partial charge in [0.05, 0.1) is 5.56 Å². The Kier molecular flexibility index (Phi) is 3.38. The highest BCUT2D eigenvalue weighted by Crippen LogP contribution is 2.29. The van der Waals surface area contributed by atoms with Crippen LogP contribution in [0.2, 0.25) is 0 Å². The smallest absolute Gasteiger partial charge is 0.190 e. The largest absolute Gasteiger partial charge is 0.399 e. The molecule has 0 radical (unpaired) electrons. The number of anilines is 1. The fourth-order valence-electron chi connectivity index (χ4n) is 1.91. The van der Waals surface area contributed by atoms with Gasteiger partial charge in [-0.1, -0.05) is 6.07 Å². The molecule has 1 aromatic heterocycles. The normalized spacial score (nSPS) is 10.8. The summed E-state index contributed by atoms with van der Waals surface area (Å²) in [5, 5.41) is 11.0. The van der Waals surface area contributed by atoms with E-state index in [0.717, 1.165) is 4.68 Å². The van der Waals surface area contributed by atoms with Gasteiger partial charge in [0, 0.05) is 10.2 Å². The predicted molar refractivity (Wildman–Crippen MR) is 76.6 cm³/mol. The van der Waals surface area contributed by atoms with Crippen molar-refractivity contribution in [2.75, 3.05) is 5.73 Å². The molecular formula is C13H8BrF2N5. The van der Waals surface area contributed by atoms with Gasteiger partial charge in [0.2, 0.25) is 0 Å². The molecule has 0 aliphatic carbocycles. The molecule has 2 N–H and O–H groups in total. The lowest BCUT2D eigenvalue weighted by Crippen LogP contribution is -2.05. The maximum absolute atomic E-state index is 14.0. The van der Waals surface area contributed by atoms with Gasteiger partial charge in [-0.05, 0) is 56.7 Å². The number of benzene rings is 2. The van der Waals surface area contributed by atoms with Crippen molar-refractivity contribution in [3.63, 3.8) is 0 Å². The minimum absolute atomic E-state index is 0.0607. The minimum atomic E-state index is -0.548. The summed E-state index contributed by atoms with van der Waals surface area (Å²) >= 11 is 3.23. The van der Waals surface area contributed by atoms with E-state index in [1.54, 1.807) is 6.07 Å². The molecule has 0 bridgehead atoms. The van der Waals surface area contributed by atoms with E-state index in [2.05, 4.69) is 31.5 Å². The molecule has 3 aromatic rings. The van der Waals surface area contributed by atoms with Crippen LogP contribution in [-0.4, -0.2) is 20.2 Å². The standard InChI is InChI=1S/C13H8BrF2N5/c14-9-2-1-3-11(16)12(9)21-13(18-19-20-21)8-6-7(17)4-5-10(8)15/h1-6H,17H2. The molecule has 0 unspecified atom stereocenters.